The Morgan fingerprint density at radius 3 is 2.45 bits per heavy atom. The second-order valence-electron chi connectivity index (χ2n) is 5.47. The zero-order valence-electron chi connectivity index (χ0n) is 12.9. The Balaban J connectivity index is 2.37. The van der Waals surface area contributed by atoms with Gasteiger partial charge in [0.25, 0.3) is 0 Å². The van der Waals surface area contributed by atoms with E-state index in [1.807, 2.05) is 55.6 Å². The maximum Gasteiger partial charge on any atom is 0.165 e. The third-order valence-corrected chi connectivity index (χ3v) is 4.08. The molecule has 0 saturated heterocycles. The van der Waals surface area contributed by atoms with Crippen LogP contribution in [0.2, 0.25) is 10.0 Å². The maximum absolute atomic E-state index is 6.38. The van der Waals surface area contributed by atoms with Crippen molar-refractivity contribution >= 4 is 34.7 Å². The normalized spacial score (nSPS) is 11.2. The summed E-state index contributed by atoms with van der Waals surface area (Å²) in [5.41, 5.74) is 4.44. The largest absolute Gasteiger partial charge is 0.363 e. The summed E-state index contributed by atoms with van der Waals surface area (Å²) < 4.78 is 1.85. The Kier molecular flexibility index (Phi) is 3.75. The molecule has 6 heteroatoms. The molecule has 0 spiro atoms. The number of benzene rings is 1. The van der Waals surface area contributed by atoms with Crippen molar-refractivity contribution in [3.63, 3.8) is 0 Å². The zero-order valence-corrected chi connectivity index (χ0v) is 14.4. The molecule has 22 heavy (non-hydrogen) atoms. The van der Waals surface area contributed by atoms with Gasteiger partial charge in [0.1, 0.15) is 5.82 Å². The predicted octanol–water partition coefficient (Wildman–Crippen LogP) is 4.39. The van der Waals surface area contributed by atoms with E-state index in [-0.39, 0.29) is 0 Å². The van der Waals surface area contributed by atoms with E-state index in [0.29, 0.717) is 10.0 Å². The van der Waals surface area contributed by atoms with E-state index in [0.717, 1.165) is 34.0 Å². The van der Waals surface area contributed by atoms with Gasteiger partial charge >= 0.3 is 0 Å². The number of halogens is 2. The predicted molar refractivity (Wildman–Crippen MR) is 92.2 cm³/mol. The number of hydrogen-bond acceptors (Lipinski definition) is 3. The molecule has 0 bridgehead atoms. The summed E-state index contributed by atoms with van der Waals surface area (Å²) in [4.78, 5) is 6.68. The van der Waals surface area contributed by atoms with E-state index in [1.165, 1.54) is 0 Å². The summed E-state index contributed by atoms with van der Waals surface area (Å²) in [6.07, 6.45) is 0. The van der Waals surface area contributed by atoms with Crippen LogP contribution >= 0.6 is 23.2 Å². The molecule has 0 amide bonds. The van der Waals surface area contributed by atoms with E-state index >= 15 is 0 Å². The summed E-state index contributed by atoms with van der Waals surface area (Å²) in [7, 11) is 3.97. The molecule has 1 aromatic carbocycles. The number of hydrogen-bond donors (Lipinski definition) is 0. The van der Waals surface area contributed by atoms with Crippen molar-refractivity contribution in [2.75, 3.05) is 19.0 Å². The quantitative estimate of drug-likeness (QED) is 0.697. The molecule has 0 N–H and O–H groups in total. The average molecular weight is 335 g/mol. The molecule has 0 saturated carbocycles. The first-order valence-electron chi connectivity index (χ1n) is 6.88. The van der Waals surface area contributed by atoms with Gasteiger partial charge in [-0.1, -0.05) is 29.3 Å². The van der Waals surface area contributed by atoms with Crippen LogP contribution in [0.1, 0.15) is 11.4 Å². The molecule has 0 fully saturated rings. The smallest absolute Gasteiger partial charge is 0.165 e. The highest BCUT2D eigenvalue weighted by Gasteiger charge is 2.18. The monoisotopic (exact) mass is 334 g/mol. The molecule has 0 aliphatic rings. The standard InChI is InChI=1S/C16H16Cl2N4/c1-9-7-14(21(3)4)22-16(19-9)15(10(2)20-22)12-6-5-11(17)8-13(12)18/h5-8H,1-4H3. The first kappa shape index (κ1) is 15.1. The lowest BCUT2D eigenvalue weighted by atomic mass is 10.1. The van der Waals surface area contributed by atoms with Gasteiger partial charge in [-0.2, -0.15) is 9.61 Å². The van der Waals surface area contributed by atoms with Crippen LogP contribution in [0.5, 0.6) is 0 Å². The maximum atomic E-state index is 6.38. The third-order valence-electron chi connectivity index (χ3n) is 3.53. The highest BCUT2D eigenvalue weighted by Crippen LogP contribution is 2.35. The van der Waals surface area contributed by atoms with Gasteiger partial charge in [-0.3, -0.25) is 0 Å². The lowest BCUT2D eigenvalue weighted by Gasteiger charge is -2.14. The second-order valence-corrected chi connectivity index (χ2v) is 6.31. The van der Waals surface area contributed by atoms with Gasteiger partial charge in [0.05, 0.1) is 16.3 Å². The minimum Gasteiger partial charge on any atom is -0.363 e. The molecule has 2 heterocycles. The number of anilines is 1. The highest BCUT2D eigenvalue weighted by molar-refractivity contribution is 6.36. The molecule has 0 unspecified atom stereocenters. The van der Waals surface area contributed by atoms with Crippen LogP contribution < -0.4 is 4.90 Å². The molecular weight excluding hydrogens is 319 g/mol. The molecule has 0 radical (unpaired) electrons. The fraction of sp³-hybridized carbons (Fsp3) is 0.250. The molecule has 4 nitrogen and oxygen atoms in total. The summed E-state index contributed by atoms with van der Waals surface area (Å²) in [5, 5.41) is 5.85. The van der Waals surface area contributed by atoms with Crippen LogP contribution in [-0.4, -0.2) is 28.7 Å². The minimum atomic E-state index is 0.597. The van der Waals surface area contributed by atoms with Crippen molar-refractivity contribution in [3.05, 3.63) is 45.7 Å². The fourth-order valence-electron chi connectivity index (χ4n) is 2.55. The average Bonchev–Trinajstić information content (AvgIpc) is 2.74. The Labute approximate surface area is 139 Å². The summed E-state index contributed by atoms with van der Waals surface area (Å²) >= 11 is 12.4. The molecule has 3 aromatic rings. The number of aryl methyl sites for hydroxylation is 2. The third kappa shape index (κ3) is 2.42. The van der Waals surface area contributed by atoms with E-state index in [9.17, 15) is 0 Å². The molecule has 2 aromatic heterocycles. The molecule has 0 atom stereocenters. The Morgan fingerprint density at radius 2 is 1.82 bits per heavy atom. The van der Waals surface area contributed by atoms with Crippen molar-refractivity contribution in [1.82, 2.24) is 14.6 Å². The van der Waals surface area contributed by atoms with E-state index in [4.69, 9.17) is 23.2 Å². The van der Waals surface area contributed by atoms with Crippen molar-refractivity contribution in [1.29, 1.82) is 0 Å². The zero-order chi connectivity index (χ0) is 16.0. The van der Waals surface area contributed by atoms with Gasteiger partial charge in [0.15, 0.2) is 5.65 Å². The highest BCUT2D eigenvalue weighted by atomic mass is 35.5. The van der Waals surface area contributed by atoms with Gasteiger partial charge < -0.3 is 4.90 Å². The van der Waals surface area contributed by atoms with Crippen LogP contribution in [-0.2, 0) is 0 Å². The molecule has 3 rings (SSSR count). The van der Waals surface area contributed by atoms with Crippen molar-refractivity contribution in [2.24, 2.45) is 0 Å². The molecule has 0 aliphatic heterocycles. The minimum absolute atomic E-state index is 0.597. The summed E-state index contributed by atoms with van der Waals surface area (Å²) in [5.74, 6) is 0.974. The van der Waals surface area contributed by atoms with Crippen LogP contribution in [0.3, 0.4) is 0 Å². The fourth-order valence-corrected chi connectivity index (χ4v) is 3.05. The Bertz CT molecular complexity index is 868. The second kappa shape index (κ2) is 5.45. The van der Waals surface area contributed by atoms with Crippen LogP contribution in [0.25, 0.3) is 16.8 Å². The number of fused-ring (bicyclic) bond motifs is 1. The van der Waals surface area contributed by atoms with Gasteiger partial charge in [-0.25, -0.2) is 4.98 Å². The molecular formula is C16H16Cl2N4. The number of aromatic nitrogens is 3. The van der Waals surface area contributed by atoms with Crippen molar-refractivity contribution in [2.45, 2.75) is 13.8 Å². The topological polar surface area (TPSA) is 33.4 Å². The number of nitrogens with zero attached hydrogens (tertiary/aromatic N) is 4. The lowest BCUT2D eigenvalue weighted by molar-refractivity contribution is 0.875. The molecule has 114 valence electrons. The first-order chi connectivity index (χ1) is 10.4. The molecule has 0 aliphatic carbocycles. The van der Waals surface area contributed by atoms with E-state index in [2.05, 4.69) is 10.1 Å². The van der Waals surface area contributed by atoms with Crippen LogP contribution in [0.15, 0.2) is 24.3 Å². The summed E-state index contributed by atoms with van der Waals surface area (Å²) in [6, 6.07) is 7.49. The SMILES string of the molecule is Cc1cc(N(C)C)n2nc(C)c(-c3ccc(Cl)cc3Cl)c2n1. The Hall–Kier alpha value is -1.78. The Morgan fingerprint density at radius 1 is 1.09 bits per heavy atom. The van der Waals surface area contributed by atoms with Crippen LogP contribution in [0.4, 0.5) is 5.82 Å². The van der Waals surface area contributed by atoms with Crippen LogP contribution in [0, 0.1) is 13.8 Å². The summed E-state index contributed by atoms with van der Waals surface area (Å²) in [6.45, 7) is 3.94. The number of rotatable bonds is 2. The van der Waals surface area contributed by atoms with Gasteiger partial charge in [-0.15, -0.1) is 0 Å². The first-order valence-corrected chi connectivity index (χ1v) is 7.64. The van der Waals surface area contributed by atoms with E-state index < -0.39 is 0 Å². The van der Waals surface area contributed by atoms with E-state index in [1.54, 1.807) is 6.07 Å². The lowest BCUT2D eigenvalue weighted by Crippen LogP contribution is -2.14. The van der Waals surface area contributed by atoms with Gasteiger partial charge in [-0.05, 0) is 26.0 Å². The van der Waals surface area contributed by atoms with Gasteiger partial charge in [0, 0.05) is 36.4 Å². The van der Waals surface area contributed by atoms with Gasteiger partial charge in [0.2, 0.25) is 0 Å². The van der Waals surface area contributed by atoms with Crippen molar-refractivity contribution < 1.29 is 0 Å². The van der Waals surface area contributed by atoms with Crippen molar-refractivity contribution in [3.8, 4) is 11.1 Å².